The lowest BCUT2D eigenvalue weighted by molar-refractivity contribution is -0.119. The van der Waals surface area contributed by atoms with Gasteiger partial charge in [0.15, 0.2) is 0 Å². The van der Waals surface area contributed by atoms with Gasteiger partial charge in [0.05, 0.1) is 13.0 Å². The third kappa shape index (κ3) is 6.41. The molecule has 0 amide bonds. The van der Waals surface area contributed by atoms with Crippen LogP contribution >= 0.6 is 0 Å². The number of halogens is 7. The minimum Gasteiger partial charge on any atom is -0.263 e. The van der Waals surface area contributed by atoms with E-state index in [-0.39, 0.29) is 0 Å². The molecule has 116 valence electrons. The van der Waals surface area contributed by atoms with E-state index in [4.69, 9.17) is 0 Å². The van der Waals surface area contributed by atoms with Crippen LogP contribution in [0.4, 0.5) is 30.7 Å². The zero-order valence-electron chi connectivity index (χ0n) is 9.61. The van der Waals surface area contributed by atoms with Gasteiger partial charge in [-0.1, -0.05) is 6.92 Å². The van der Waals surface area contributed by atoms with Gasteiger partial charge in [-0.25, -0.2) is 17.6 Å². The molecular formula is C8H11F7O3S. The maximum atomic E-state index is 12.9. The van der Waals surface area contributed by atoms with E-state index in [2.05, 4.69) is 4.18 Å². The van der Waals surface area contributed by atoms with Crippen LogP contribution in [0, 0.1) is 0 Å². The molecule has 0 aromatic heterocycles. The van der Waals surface area contributed by atoms with Gasteiger partial charge in [-0.05, 0) is 0 Å². The van der Waals surface area contributed by atoms with Crippen molar-refractivity contribution in [2.75, 3.05) is 6.61 Å². The molecule has 0 unspecified atom stereocenters. The Morgan fingerprint density at radius 3 is 1.79 bits per heavy atom. The molecule has 0 aliphatic rings. The molecule has 0 aromatic rings. The Morgan fingerprint density at radius 1 is 0.947 bits per heavy atom. The quantitative estimate of drug-likeness (QED) is 0.411. The van der Waals surface area contributed by atoms with Gasteiger partial charge in [-0.15, -0.1) is 0 Å². The van der Waals surface area contributed by atoms with Gasteiger partial charge in [0.1, 0.15) is 0 Å². The van der Waals surface area contributed by atoms with Crippen molar-refractivity contribution in [3.8, 4) is 0 Å². The van der Waals surface area contributed by atoms with Crippen LogP contribution in [0.15, 0.2) is 0 Å². The molecule has 0 aliphatic heterocycles. The molecule has 0 aliphatic carbocycles. The first-order valence-electron chi connectivity index (χ1n) is 4.94. The van der Waals surface area contributed by atoms with Crippen LogP contribution < -0.4 is 0 Å². The molecule has 3 nitrogen and oxygen atoms in total. The van der Waals surface area contributed by atoms with Gasteiger partial charge in [0, 0.05) is 12.8 Å². The smallest absolute Gasteiger partial charge is 0.263 e. The van der Waals surface area contributed by atoms with E-state index in [1.807, 2.05) is 0 Å². The van der Waals surface area contributed by atoms with Crippen LogP contribution in [0.5, 0.6) is 0 Å². The third-order valence-electron chi connectivity index (χ3n) is 2.02. The Labute approximate surface area is 104 Å². The summed E-state index contributed by atoms with van der Waals surface area (Å²) in [6, 6.07) is 0. The normalized spacial score (nSPS) is 14.7. The molecule has 0 bridgehead atoms. The van der Waals surface area contributed by atoms with Crippen LogP contribution in [0.1, 0.15) is 26.2 Å². The maximum Gasteiger partial charge on any atom is 0.523 e. The summed E-state index contributed by atoms with van der Waals surface area (Å²) in [7, 11) is -5.99. The van der Waals surface area contributed by atoms with Gasteiger partial charge >= 0.3 is 15.6 Å². The second-order valence-electron chi connectivity index (χ2n) is 3.71. The summed E-state index contributed by atoms with van der Waals surface area (Å²) in [6.45, 7) is -0.574. The molecule has 0 saturated heterocycles. The molecule has 0 fully saturated rings. The van der Waals surface area contributed by atoms with E-state index in [0.717, 1.165) is 6.92 Å². The fraction of sp³-hybridized carbons (Fsp3) is 1.00. The summed E-state index contributed by atoms with van der Waals surface area (Å²) in [4.78, 5) is 0. The highest BCUT2D eigenvalue weighted by Crippen LogP contribution is 2.35. The largest absolute Gasteiger partial charge is 0.523 e. The van der Waals surface area contributed by atoms with Crippen LogP contribution in [-0.4, -0.2) is 32.4 Å². The lowest BCUT2D eigenvalue weighted by Crippen LogP contribution is -2.31. The summed E-state index contributed by atoms with van der Waals surface area (Å²) < 4.78 is 110. The molecule has 0 spiro atoms. The van der Waals surface area contributed by atoms with Crippen molar-refractivity contribution in [2.24, 2.45) is 0 Å². The Balaban J connectivity index is 4.43. The Morgan fingerprint density at radius 2 is 1.42 bits per heavy atom. The van der Waals surface area contributed by atoms with Crippen molar-refractivity contribution in [1.82, 2.24) is 0 Å². The Hall–Kier alpha value is -0.580. The first kappa shape index (κ1) is 18.4. The molecule has 11 heteroatoms. The van der Waals surface area contributed by atoms with E-state index in [1.165, 1.54) is 0 Å². The molecule has 19 heavy (non-hydrogen) atoms. The summed E-state index contributed by atoms with van der Waals surface area (Å²) >= 11 is 0. The maximum absolute atomic E-state index is 12.9. The highest BCUT2D eigenvalue weighted by Gasteiger charge is 2.48. The van der Waals surface area contributed by atoms with Crippen LogP contribution in [0.3, 0.4) is 0 Å². The first-order valence-corrected chi connectivity index (χ1v) is 6.35. The standard InChI is InChI=1S/C8H11F7O3S/c1-2-6(9,10)5-7(11,12)3-4-18-19(16,17)8(13,14)15/h2-5H2,1H3. The summed E-state index contributed by atoms with van der Waals surface area (Å²) in [5, 5.41) is 0. The predicted molar refractivity (Wildman–Crippen MR) is 50.3 cm³/mol. The van der Waals surface area contributed by atoms with Crippen LogP contribution in [0.2, 0.25) is 0 Å². The molecule has 0 saturated carbocycles. The second-order valence-corrected chi connectivity index (χ2v) is 5.32. The minimum absolute atomic E-state index is 0.871. The van der Waals surface area contributed by atoms with Crippen molar-refractivity contribution >= 4 is 10.1 Å². The molecular weight excluding hydrogens is 309 g/mol. The van der Waals surface area contributed by atoms with Crippen molar-refractivity contribution < 1.29 is 43.3 Å². The summed E-state index contributed by atoms with van der Waals surface area (Å²) in [5.41, 5.74) is -5.74. The lowest BCUT2D eigenvalue weighted by atomic mass is 10.1. The monoisotopic (exact) mass is 320 g/mol. The third-order valence-corrected chi connectivity index (χ3v) is 3.07. The molecule has 0 radical (unpaired) electrons. The fourth-order valence-corrected chi connectivity index (χ4v) is 1.40. The Kier molecular flexibility index (Phi) is 5.64. The van der Waals surface area contributed by atoms with E-state index in [1.54, 1.807) is 0 Å². The predicted octanol–water partition coefficient (Wildman–Crippen LogP) is 3.31. The van der Waals surface area contributed by atoms with Gasteiger partial charge in [0.2, 0.25) is 0 Å². The molecule has 0 atom stereocenters. The number of rotatable bonds is 7. The van der Waals surface area contributed by atoms with E-state index in [9.17, 15) is 39.2 Å². The summed E-state index contributed by atoms with van der Waals surface area (Å²) in [5.74, 6) is -7.72. The SMILES string of the molecule is CCC(F)(F)CC(F)(F)CCOS(=O)(=O)C(F)(F)F. The van der Waals surface area contributed by atoms with E-state index in [0.29, 0.717) is 0 Å². The average Bonchev–Trinajstić information content (AvgIpc) is 2.13. The lowest BCUT2D eigenvalue weighted by Gasteiger charge is -2.22. The highest BCUT2D eigenvalue weighted by molar-refractivity contribution is 7.87. The molecule has 0 N–H and O–H groups in total. The zero-order valence-corrected chi connectivity index (χ0v) is 10.4. The fourth-order valence-electron chi connectivity index (χ4n) is 0.959. The van der Waals surface area contributed by atoms with Crippen molar-refractivity contribution in [2.45, 2.75) is 43.5 Å². The molecule has 0 heterocycles. The van der Waals surface area contributed by atoms with Crippen LogP contribution in [0.25, 0.3) is 0 Å². The van der Waals surface area contributed by atoms with Gasteiger partial charge < -0.3 is 0 Å². The first-order chi connectivity index (χ1) is 8.22. The second kappa shape index (κ2) is 5.81. The number of hydrogen-bond donors (Lipinski definition) is 0. The molecule has 0 rings (SSSR count). The van der Waals surface area contributed by atoms with Crippen molar-refractivity contribution in [1.29, 1.82) is 0 Å². The number of alkyl halides is 7. The highest BCUT2D eigenvalue weighted by atomic mass is 32.2. The van der Waals surface area contributed by atoms with Gasteiger partial charge in [-0.2, -0.15) is 21.6 Å². The van der Waals surface area contributed by atoms with E-state index >= 15 is 0 Å². The van der Waals surface area contributed by atoms with Crippen molar-refractivity contribution in [3.05, 3.63) is 0 Å². The van der Waals surface area contributed by atoms with Gasteiger partial charge in [-0.3, -0.25) is 4.18 Å². The average molecular weight is 320 g/mol. The van der Waals surface area contributed by atoms with Crippen molar-refractivity contribution in [3.63, 3.8) is 0 Å². The zero-order chi connectivity index (χ0) is 15.5. The summed E-state index contributed by atoms with van der Waals surface area (Å²) in [6.07, 6.45) is -4.31. The minimum atomic E-state index is -5.99. The topological polar surface area (TPSA) is 43.4 Å². The van der Waals surface area contributed by atoms with E-state index < -0.39 is 53.3 Å². The van der Waals surface area contributed by atoms with Crippen LogP contribution in [-0.2, 0) is 14.3 Å². The number of hydrogen-bond acceptors (Lipinski definition) is 3. The Bertz CT molecular complexity index is 388. The van der Waals surface area contributed by atoms with Gasteiger partial charge in [0.25, 0.3) is 11.8 Å². The molecule has 0 aromatic carbocycles.